The Bertz CT molecular complexity index is 429. The highest BCUT2D eigenvalue weighted by atomic mass is 16.6. The molecule has 0 aliphatic heterocycles. The number of amides is 1. The van der Waals surface area contributed by atoms with Crippen molar-refractivity contribution in [3.8, 4) is 0 Å². The maximum atomic E-state index is 10.8. The minimum Gasteiger partial charge on any atom is -0.362 e. The Kier molecular flexibility index (Phi) is 16.0. The fraction of sp³-hybridized carbons (Fsp3) is 0.545. The molecule has 8 nitrogen and oxygen atoms in total. The van der Waals surface area contributed by atoms with Crippen molar-refractivity contribution in [1.29, 1.82) is 0 Å². The fourth-order valence-electron chi connectivity index (χ4n) is 0.657. The molecule has 0 saturated heterocycles. The van der Waals surface area contributed by atoms with Crippen LogP contribution in [0.25, 0.3) is 0 Å². The van der Waals surface area contributed by atoms with Crippen LogP contribution in [0.15, 0.2) is 11.0 Å². The van der Waals surface area contributed by atoms with Crippen LogP contribution in [0.1, 0.15) is 52.0 Å². The molecule has 0 aromatic carbocycles. The molecule has 1 aromatic heterocycles. The van der Waals surface area contributed by atoms with E-state index >= 15 is 0 Å². The SMILES string of the molecule is CC.CC.CC.NC(=O)c1nc([N+](=O)[O-])c[nH]c1=O. The number of aromatic nitrogens is 2. The van der Waals surface area contributed by atoms with Gasteiger partial charge in [0.2, 0.25) is 0 Å². The van der Waals surface area contributed by atoms with Crippen molar-refractivity contribution in [2.75, 3.05) is 0 Å². The lowest BCUT2D eigenvalue weighted by molar-refractivity contribution is -0.389. The number of nitro groups is 1. The summed E-state index contributed by atoms with van der Waals surface area (Å²) in [6.07, 6.45) is 0.786. The standard InChI is InChI=1S/C5H4N4O4.3C2H6/c6-4(10)3-5(11)7-1-2(8-3)9(12)13;3*1-2/h1H,(H2,6,10)(H,7,11);3*1-2H3. The number of hydrogen-bond acceptors (Lipinski definition) is 5. The van der Waals surface area contributed by atoms with Crippen LogP contribution in [0.2, 0.25) is 0 Å². The Morgan fingerprint density at radius 3 is 2.00 bits per heavy atom. The first-order valence-corrected chi connectivity index (χ1v) is 6.06. The van der Waals surface area contributed by atoms with E-state index in [4.69, 9.17) is 5.73 Å². The second kappa shape index (κ2) is 13.8. The molecule has 0 radical (unpaired) electrons. The summed E-state index contributed by atoms with van der Waals surface area (Å²) in [5.74, 6) is -1.74. The minimum absolute atomic E-state index is 0.631. The Hall–Kier alpha value is -2.25. The number of hydrogen-bond donors (Lipinski definition) is 2. The van der Waals surface area contributed by atoms with E-state index in [9.17, 15) is 19.7 Å². The van der Waals surface area contributed by atoms with Crippen LogP contribution in [-0.4, -0.2) is 20.8 Å². The zero-order chi connectivity index (χ0) is 16.0. The highest BCUT2D eigenvalue weighted by Gasteiger charge is 2.18. The van der Waals surface area contributed by atoms with Crippen molar-refractivity contribution in [3.05, 3.63) is 32.4 Å². The molecule has 1 heterocycles. The maximum Gasteiger partial charge on any atom is 0.380 e. The zero-order valence-electron chi connectivity index (χ0n) is 12.2. The molecule has 0 unspecified atom stereocenters. The summed E-state index contributed by atoms with van der Waals surface area (Å²) in [6, 6.07) is 0. The number of rotatable bonds is 2. The third-order valence-corrected chi connectivity index (χ3v) is 1.19. The van der Waals surface area contributed by atoms with E-state index in [0.29, 0.717) is 0 Å². The molecule has 8 heteroatoms. The topological polar surface area (TPSA) is 132 Å². The summed E-state index contributed by atoms with van der Waals surface area (Å²) in [4.78, 5) is 35.7. The number of carbonyl (C=O) groups excluding carboxylic acids is 1. The van der Waals surface area contributed by atoms with Gasteiger partial charge in [0.15, 0.2) is 0 Å². The Labute approximate surface area is 112 Å². The second-order valence-corrected chi connectivity index (χ2v) is 2.06. The molecular formula is C11H22N4O4. The van der Waals surface area contributed by atoms with Gasteiger partial charge in [-0.05, 0) is 9.91 Å². The lowest BCUT2D eigenvalue weighted by atomic mass is 10.4. The van der Waals surface area contributed by atoms with Crippen molar-refractivity contribution in [2.24, 2.45) is 5.73 Å². The molecule has 1 aromatic rings. The third kappa shape index (κ3) is 8.47. The summed E-state index contributed by atoms with van der Waals surface area (Å²) in [5, 5.41) is 10.2. The van der Waals surface area contributed by atoms with E-state index in [2.05, 4.69) is 4.98 Å². The first kappa shape index (κ1) is 22.0. The molecule has 1 rings (SSSR count). The summed E-state index contributed by atoms with van der Waals surface area (Å²) < 4.78 is 0. The van der Waals surface area contributed by atoms with Gasteiger partial charge in [0.1, 0.15) is 6.20 Å². The molecule has 110 valence electrons. The Morgan fingerprint density at radius 1 is 1.26 bits per heavy atom. The van der Waals surface area contributed by atoms with Gasteiger partial charge in [-0.25, -0.2) is 0 Å². The molecule has 0 bridgehead atoms. The lowest BCUT2D eigenvalue weighted by Gasteiger charge is -1.91. The van der Waals surface area contributed by atoms with E-state index < -0.39 is 27.9 Å². The van der Waals surface area contributed by atoms with Gasteiger partial charge in [-0.2, -0.15) is 0 Å². The second-order valence-electron chi connectivity index (χ2n) is 2.06. The van der Waals surface area contributed by atoms with Crippen LogP contribution in [0.4, 0.5) is 5.82 Å². The van der Waals surface area contributed by atoms with E-state index in [1.54, 1.807) is 0 Å². The predicted octanol–water partition coefficient (Wildman–Crippen LogP) is 1.86. The molecule has 3 N–H and O–H groups in total. The number of H-pyrrole nitrogens is 1. The average molecular weight is 274 g/mol. The molecule has 1 amide bonds. The van der Waals surface area contributed by atoms with Crippen molar-refractivity contribution in [3.63, 3.8) is 0 Å². The summed E-state index contributed by atoms with van der Waals surface area (Å²) in [7, 11) is 0. The van der Waals surface area contributed by atoms with E-state index in [-0.39, 0.29) is 0 Å². The van der Waals surface area contributed by atoms with E-state index in [1.165, 1.54) is 0 Å². The van der Waals surface area contributed by atoms with Gasteiger partial charge in [-0.15, -0.1) is 0 Å². The minimum atomic E-state index is -1.11. The number of primary amides is 1. The van der Waals surface area contributed by atoms with Crippen molar-refractivity contribution in [1.82, 2.24) is 9.97 Å². The smallest absolute Gasteiger partial charge is 0.362 e. The highest BCUT2D eigenvalue weighted by Crippen LogP contribution is 2.00. The molecule has 0 fully saturated rings. The predicted molar refractivity (Wildman–Crippen MR) is 74.1 cm³/mol. The molecule has 0 atom stereocenters. The van der Waals surface area contributed by atoms with Gasteiger partial charge in [0.05, 0.1) is 0 Å². The highest BCUT2D eigenvalue weighted by molar-refractivity contribution is 5.90. The summed E-state index contributed by atoms with van der Waals surface area (Å²) in [5.41, 5.74) is 3.22. The largest absolute Gasteiger partial charge is 0.380 e. The van der Waals surface area contributed by atoms with Gasteiger partial charge in [0, 0.05) is 0 Å². The van der Waals surface area contributed by atoms with Gasteiger partial charge in [-0.1, -0.05) is 41.5 Å². The van der Waals surface area contributed by atoms with Crippen LogP contribution in [-0.2, 0) is 0 Å². The van der Waals surface area contributed by atoms with Crippen LogP contribution >= 0.6 is 0 Å². The Balaban J connectivity index is -0.000000375. The van der Waals surface area contributed by atoms with Gasteiger partial charge in [-0.3, -0.25) is 9.59 Å². The monoisotopic (exact) mass is 274 g/mol. The quantitative estimate of drug-likeness (QED) is 0.627. The third-order valence-electron chi connectivity index (χ3n) is 1.19. The maximum absolute atomic E-state index is 10.8. The summed E-state index contributed by atoms with van der Waals surface area (Å²) >= 11 is 0. The van der Waals surface area contributed by atoms with Crippen LogP contribution in [0.5, 0.6) is 0 Å². The normalized spacial score (nSPS) is 7.47. The molecule has 0 spiro atoms. The Morgan fingerprint density at radius 2 is 1.68 bits per heavy atom. The van der Waals surface area contributed by atoms with Gasteiger partial charge in [0.25, 0.3) is 5.91 Å². The molecular weight excluding hydrogens is 252 g/mol. The lowest BCUT2D eigenvalue weighted by Crippen LogP contribution is -2.25. The van der Waals surface area contributed by atoms with Crippen molar-refractivity contribution < 1.29 is 9.72 Å². The molecule has 19 heavy (non-hydrogen) atoms. The van der Waals surface area contributed by atoms with Gasteiger partial charge >= 0.3 is 17.1 Å². The zero-order valence-corrected chi connectivity index (χ0v) is 12.2. The number of nitrogens with zero attached hydrogens (tertiary/aromatic N) is 2. The van der Waals surface area contributed by atoms with E-state index in [1.807, 2.05) is 46.5 Å². The molecule has 0 aliphatic rings. The fourth-order valence-corrected chi connectivity index (χ4v) is 0.657. The van der Waals surface area contributed by atoms with E-state index in [0.717, 1.165) is 6.20 Å². The number of nitrogens with one attached hydrogen (secondary N) is 1. The number of nitrogens with two attached hydrogens (primary N) is 1. The van der Waals surface area contributed by atoms with Crippen LogP contribution < -0.4 is 11.3 Å². The van der Waals surface area contributed by atoms with Crippen LogP contribution in [0.3, 0.4) is 0 Å². The van der Waals surface area contributed by atoms with Gasteiger partial charge < -0.3 is 20.8 Å². The first-order chi connectivity index (χ1) is 9.02. The summed E-state index contributed by atoms with van der Waals surface area (Å²) in [6.45, 7) is 12.0. The number of carbonyl (C=O) groups is 1. The number of aromatic amines is 1. The van der Waals surface area contributed by atoms with Crippen molar-refractivity contribution in [2.45, 2.75) is 41.5 Å². The molecule has 0 aliphatic carbocycles. The van der Waals surface area contributed by atoms with Crippen LogP contribution in [0, 0.1) is 10.1 Å². The average Bonchev–Trinajstić information content (AvgIpc) is 2.45. The van der Waals surface area contributed by atoms with Crippen molar-refractivity contribution >= 4 is 11.7 Å². The molecule has 0 saturated carbocycles. The first-order valence-electron chi connectivity index (χ1n) is 6.06.